The van der Waals surface area contributed by atoms with E-state index in [2.05, 4.69) is 16.2 Å². The van der Waals surface area contributed by atoms with Gasteiger partial charge in [0.15, 0.2) is 11.5 Å². The van der Waals surface area contributed by atoms with Gasteiger partial charge in [0.2, 0.25) is 0 Å². The number of ether oxygens (including phenoxy) is 2. The molecule has 10 heteroatoms. The highest BCUT2D eigenvalue weighted by atomic mass is 35.5. The smallest absolute Gasteiger partial charge is 0.271 e. The number of anilines is 1. The molecule has 0 saturated heterocycles. The lowest BCUT2D eigenvalue weighted by molar-refractivity contribution is 0.0847. The van der Waals surface area contributed by atoms with Crippen molar-refractivity contribution in [1.29, 1.82) is 0 Å². The van der Waals surface area contributed by atoms with Gasteiger partial charge in [-0.2, -0.15) is 0 Å². The number of benzene rings is 3. The normalized spacial score (nSPS) is 10.3. The Kier molecular flexibility index (Phi) is 8.94. The maximum absolute atomic E-state index is 12.8. The summed E-state index contributed by atoms with van der Waals surface area (Å²) in [5, 5.41) is 3.28. The van der Waals surface area contributed by atoms with Gasteiger partial charge in [-0.3, -0.25) is 25.2 Å². The molecule has 0 heterocycles. The molecule has 0 saturated carbocycles. The van der Waals surface area contributed by atoms with E-state index >= 15 is 0 Å². The Morgan fingerprint density at radius 2 is 1.43 bits per heavy atom. The second-order valence-electron chi connectivity index (χ2n) is 7.09. The van der Waals surface area contributed by atoms with E-state index in [4.69, 9.17) is 32.7 Å². The lowest BCUT2D eigenvalue weighted by Crippen LogP contribution is -2.41. The third-order valence-corrected chi connectivity index (χ3v) is 5.20. The van der Waals surface area contributed by atoms with Crippen LogP contribution in [-0.4, -0.2) is 30.9 Å². The zero-order chi connectivity index (χ0) is 25.4. The summed E-state index contributed by atoms with van der Waals surface area (Å²) in [6.45, 7) is 4.58. The van der Waals surface area contributed by atoms with E-state index in [-0.39, 0.29) is 16.1 Å². The molecule has 8 nitrogen and oxygen atoms in total. The predicted octanol–water partition coefficient (Wildman–Crippen LogP) is 5.12. The second kappa shape index (κ2) is 12.1. The molecule has 0 atom stereocenters. The minimum atomic E-state index is -0.606. The molecule has 0 aliphatic heterocycles. The Hall–Kier alpha value is -3.75. The quantitative estimate of drug-likeness (QED) is 0.361. The summed E-state index contributed by atoms with van der Waals surface area (Å²) in [6, 6.07) is 15.5. The molecule has 3 N–H and O–H groups in total. The van der Waals surface area contributed by atoms with Gasteiger partial charge in [0.25, 0.3) is 17.7 Å². The first-order valence-corrected chi connectivity index (χ1v) is 11.4. The third-order valence-electron chi connectivity index (χ3n) is 4.65. The molecule has 0 aliphatic rings. The number of rotatable bonds is 8. The monoisotopic (exact) mass is 515 g/mol. The van der Waals surface area contributed by atoms with Crippen molar-refractivity contribution >= 4 is 46.6 Å². The van der Waals surface area contributed by atoms with Crippen LogP contribution in [0.5, 0.6) is 11.5 Å². The van der Waals surface area contributed by atoms with Gasteiger partial charge in [0, 0.05) is 21.8 Å². The van der Waals surface area contributed by atoms with Crippen LogP contribution in [0.25, 0.3) is 0 Å². The third kappa shape index (κ3) is 6.88. The van der Waals surface area contributed by atoms with Crippen LogP contribution in [0.2, 0.25) is 10.0 Å². The average molecular weight is 516 g/mol. The Balaban J connectivity index is 1.66. The largest absolute Gasteiger partial charge is 0.490 e. The minimum Gasteiger partial charge on any atom is -0.490 e. The Morgan fingerprint density at radius 1 is 0.743 bits per heavy atom. The summed E-state index contributed by atoms with van der Waals surface area (Å²) >= 11 is 11.8. The van der Waals surface area contributed by atoms with Gasteiger partial charge in [-0.25, -0.2) is 0 Å². The molecule has 0 unspecified atom stereocenters. The molecule has 0 fully saturated rings. The highest BCUT2D eigenvalue weighted by Gasteiger charge is 2.15. The molecular weight excluding hydrogens is 493 g/mol. The van der Waals surface area contributed by atoms with Gasteiger partial charge in [0.05, 0.1) is 23.8 Å². The van der Waals surface area contributed by atoms with Crippen molar-refractivity contribution in [3.8, 4) is 11.5 Å². The number of carbonyl (C=O) groups excluding carboxylic acids is 3. The SMILES string of the molecule is CCOc1ccc(C(=O)Nc2cccc(C(=O)NNC(=O)c3ccc(Cl)cc3Cl)c2)cc1OCC. The van der Waals surface area contributed by atoms with Crippen molar-refractivity contribution in [3.63, 3.8) is 0 Å². The second-order valence-corrected chi connectivity index (χ2v) is 7.94. The molecule has 3 rings (SSSR count). The van der Waals surface area contributed by atoms with Gasteiger partial charge >= 0.3 is 0 Å². The van der Waals surface area contributed by atoms with Gasteiger partial charge in [0.1, 0.15) is 0 Å². The Morgan fingerprint density at radius 3 is 2.14 bits per heavy atom. The van der Waals surface area contributed by atoms with E-state index in [9.17, 15) is 14.4 Å². The van der Waals surface area contributed by atoms with Crippen LogP contribution < -0.4 is 25.6 Å². The van der Waals surface area contributed by atoms with Crippen LogP contribution in [0.3, 0.4) is 0 Å². The Bertz CT molecular complexity index is 1250. The average Bonchev–Trinajstić information content (AvgIpc) is 2.83. The zero-order valence-electron chi connectivity index (χ0n) is 19.0. The van der Waals surface area contributed by atoms with Crippen molar-refractivity contribution in [1.82, 2.24) is 10.9 Å². The number of hydrogen-bond donors (Lipinski definition) is 3. The molecule has 3 amide bonds. The van der Waals surface area contributed by atoms with E-state index in [1.807, 2.05) is 13.8 Å². The highest BCUT2D eigenvalue weighted by Crippen LogP contribution is 2.29. The molecule has 0 aromatic heterocycles. The summed E-state index contributed by atoms with van der Waals surface area (Å²) in [7, 11) is 0. The van der Waals surface area contributed by atoms with Gasteiger partial charge in [-0.1, -0.05) is 29.3 Å². The number of hydrogen-bond acceptors (Lipinski definition) is 5. The zero-order valence-corrected chi connectivity index (χ0v) is 20.5. The fourth-order valence-electron chi connectivity index (χ4n) is 3.06. The fourth-order valence-corrected chi connectivity index (χ4v) is 3.55. The molecule has 182 valence electrons. The lowest BCUT2D eigenvalue weighted by Gasteiger charge is -2.13. The number of carbonyl (C=O) groups is 3. The highest BCUT2D eigenvalue weighted by molar-refractivity contribution is 6.36. The summed E-state index contributed by atoms with van der Waals surface area (Å²) < 4.78 is 11.1. The van der Waals surface area contributed by atoms with Crippen molar-refractivity contribution in [3.05, 3.63) is 87.4 Å². The molecule has 0 aliphatic carbocycles. The van der Waals surface area contributed by atoms with Gasteiger partial charge < -0.3 is 14.8 Å². The summed E-state index contributed by atoms with van der Waals surface area (Å²) in [4.78, 5) is 37.6. The van der Waals surface area contributed by atoms with Crippen molar-refractivity contribution in [2.45, 2.75) is 13.8 Å². The summed E-state index contributed by atoms with van der Waals surface area (Å²) in [5.41, 5.74) is 5.73. The minimum absolute atomic E-state index is 0.149. The van der Waals surface area contributed by atoms with Crippen molar-refractivity contribution in [2.24, 2.45) is 0 Å². The van der Waals surface area contributed by atoms with E-state index in [1.54, 1.807) is 30.3 Å². The lowest BCUT2D eigenvalue weighted by atomic mass is 10.1. The molecule has 3 aromatic carbocycles. The summed E-state index contributed by atoms with van der Waals surface area (Å²) in [6.07, 6.45) is 0. The standard InChI is InChI=1S/C25H23Cl2N3O5/c1-3-34-21-11-8-16(13-22(21)35-4-2)23(31)28-18-7-5-6-15(12-18)24(32)29-30-25(33)19-10-9-17(26)14-20(19)27/h5-14H,3-4H2,1-2H3,(H,28,31)(H,29,32)(H,30,33). The number of nitrogens with one attached hydrogen (secondary N) is 3. The first-order chi connectivity index (χ1) is 16.8. The van der Waals surface area contributed by atoms with Crippen LogP contribution >= 0.6 is 23.2 Å². The van der Waals surface area contributed by atoms with Crippen LogP contribution in [0.4, 0.5) is 5.69 Å². The topological polar surface area (TPSA) is 106 Å². The fraction of sp³-hybridized carbons (Fsp3) is 0.160. The maximum atomic E-state index is 12.8. The van der Waals surface area contributed by atoms with E-state index in [1.165, 1.54) is 30.3 Å². The Labute approximate surface area is 212 Å². The summed E-state index contributed by atoms with van der Waals surface area (Å²) in [5.74, 6) is -0.570. The first-order valence-electron chi connectivity index (χ1n) is 10.7. The van der Waals surface area contributed by atoms with E-state index in [0.29, 0.717) is 41.0 Å². The van der Waals surface area contributed by atoms with Crippen LogP contribution in [0.15, 0.2) is 60.7 Å². The number of halogens is 2. The maximum Gasteiger partial charge on any atom is 0.271 e. The van der Waals surface area contributed by atoms with Gasteiger partial charge in [-0.05, 0) is 68.4 Å². The molecular formula is C25H23Cl2N3O5. The van der Waals surface area contributed by atoms with Crippen LogP contribution in [0.1, 0.15) is 44.9 Å². The van der Waals surface area contributed by atoms with E-state index < -0.39 is 17.7 Å². The molecule has 0 radical (unpaired) electrons. The van der Waals surface area contributed by atoms with Gasteiger partial charge in [-0.15, -0.1) is 0 Å². The van der Waals surface area contributed by atoms with Crippen molar-refractivity contribution < 1.29 is 23.9 Å². The number of amides is 3. The first kappa shape index (κ1) is 25.9. The molecule has 0 bridgehead atoms. The number of hydrazine groups is 1. The van der Waals surface area contributed by atoms with E-state index in [0.717, 1.165) is 0 Å². The molecule has 35 heavy (non-hydrogen) atoms. The molecule has 3 aromatic rings. The van der Waals surface area contributed by atoms with Crippen LogP contribution in [0, 0.1) is 0 Å². The van der Waals surface area contributed by atoms with Crippen molar-refractivity contribution in [2.75, 3.05) is 18.5 Å². The van der Waals surface area contributed by atoms with Crippen LogP contribution in [-0.2, 0) is 0 Å². The predicted molar refractivity (Wildman–Crippen MR) is 135 cm³/mol. The molecule has 0 spiro atoms.